The van der Waals surface area contributed by atoms with Crippen molar-refractivity contribution in [2.24, 2.45) is 5.73 Å². The first-order valence-corrected chi connectivity index (χ1v) is 11.6. The van der Waals surface area contributed by atoms with Crippen molar-refractivity contribution in [3.05, 3.63) is 42.5 Å². The van der Waals surface area contributed by atoms with Gasteiger partial charge in [-0.1, -0.05) is 0 Å². The van der Waals surface area contributed by atoms with Crippen molar-refractivity contribution >= 4 is 51.1 Å². The molecule has 0 atom stereocenters. The topological polar surface area (TPSA) is 189 Å². The number of hydrogen-bond donors (Lipinski definition) is 6. The number of nitrogens with one attached hydrogen (secondary N) is 1. The van der Waals surface area contributed by atoms with E-state index in [1.165, 1.54) is 0 Å². The van der Waals surface area contributed by atoms with E-state index >= 15 is 0 Å². The van der Waals surface area contributed by atoms with E-state index < -0.39 is 0 Å². The molecule has 1 aliphatic rings. The molecule has 5 rings (SSSR count). The molecule has 0 aliphatic carbocycles. The number of benzene rings is 2. The van der Waals surface area contributed by atoms with E-state index in [0.29, 0.717) is 28.3 Å². The van der Waals surface area contributed by atoms with Crippen LogP contribution in [0.5, 0.6) is 5.75 Å². The number of piperazine rings is 1. The van der Waals surface area contributed by atoms with Crippen molar-refractivity contribution in [3.63, 3.8) is 0 Å². The van der Waals surface area contributed by atoms with Gasteiger partial charge >= 0.3 is 0 Å². The maximum Gasteiger partial charge on any atom is 0.163 e. The predicted octanol–water partition coefficient (Wildman–Crippen LogP) is 1.41. The van der Waals surface area contributed by atoms with Gasteiger partial charge in [0.25, 0.3) is 0 Å². The normalized spacial score (nSPS) is 13.8. The Morgan fingerprint density at radius 3 is 2.14 bits per heavy atom. The zero-order valence-corrected chi connectivity index (χ0v) is 20.1. The molecular weight excluding hydrogens is 458 g/mol. The molecule has 12 heteroatoms. The van der Waals surface area contributed by atoms with Gasteiger partial charge in [-0.25, -0.2) is 0 Å². The fourth-order valence-electron chi connectivity index (χ4n) is 4.72. The number of nitrogen functional groups attached to an aromatic ring is 4. The molecule has 0 saturated carbocycles. The number of nitrogens with zero attached hydrogens (tertiary/aromatic N) is 5. The van der Waals surface area contributed by atoms with E-state index in [4.69, 9.17) is 33.4 Å². The highest BCUT2D eigenvalue weighted by Crippen LogP contribution is 2.42. The van der Waals surface area contributed by atoms with Gasteiger partial charge in [0.15, 0.2) is 11.6 Å². The smallest absolute Gasteiger partial charge is 0.163 e. The Labute approximate surface area is 208 Å². The Hall–Kier alpha value is -4.58. The summed E-state index contributed by atoms with van der Waals surface area (Å²) in [6.07, 6.45) is 0. The standard InChI is InChI=1S/C24H31N11O/c1-30-23-20-19(22(29)35(23)14-2-5-16(6-3-14)36-13-25)21(28)31-32-24(20)34-10-8-33(9-11-34)15-4-7-17(26)18(27)12-15/h2-7,12,30H,8-11,13,25-27,29H2,1H3,(H2,28,31). The first-order valence-electron chi connectivity index (χ1n) is 11.6. The quantitative estimate of drug-likeness (QED) is 0.170. The lowest BCUT2D eigenvalue weighted by atomic mass is 10.2. The van der Waals surface area contributed by atoms with E-state index in [2.05, 4.69) is 25.3 Å². The summed E-state index contributed by atoms with van der Waals surface area (Å²) in [5.41, 5.74) is 33.4. The summed E-state index contributed by atoms with van der Waals surface area (Å²) in [4.78, 5) is 4.48. The summed E-state index contributed by atoms with van der Waals surface area (Å²) < 4.78 is 7.28. The number of aromatic nitrogens is 3. The molecule has 2 aromatic carbocycles. The van der Waals surface area contributed by atoms with Gasteiger partial charge in [0.05, 0.1) is 22.1 Å². The minimum Gasteiger partial charge on any atom is -0.479 e. The average Bonchev–Trinajstić information content (AvgIpc) is 3.19. The zero-order valence-electron chi connectivity index (χ0n) is 20.1. The Bertz CT molecular complexity index is 1390. The maximum atomic E-state index is 6.64. The Kier molecular flexibility index (Phi) is 5.94. The maximum absolute atomic E-state index is 6.64. The molecule has 11 N–H and O–H groups in total. The minimum absolute atomic E-state index is 0.104. The lowest BCUT2D eigenvalue weighted by Crippen LogP contribution is -2.47. The van der Waals surface area contributed by atoms with Gasteiger partial charge in [-0.2, -0.15) is 0 Å². The van der Waals surface area contributed by atoms with E-state index in [1.807, 2.05) is 54.1 Å². The second kappa shape index (κ2) is 9.23. The summed E-state index contributed by atoms with van der Waals surface area (Å²) in [5.74, 6) is 2.94. The van der Waals surface area contributed by atoms with Gasteiger partial charge in [0, 0.05) is 44.6 Å². The van der Waals surface area contributed by atoms with Crippen molar-refractivity contribution < 1.29 is 4.74 Å². The third-order valence-electron chi connectivity index (χ3n) is 6.54. The highest BCUT2D eigenvalue weighted by Gasteiger charge is 2.27. The Morgan fingerprint density at radius 2 is 1.50 bits per heavy atom. The van der Waals surface area contributed by atoms with Crippen molar-refractivity contribution in [1.29, 1.82) is 0 Å². The number of ether oxygens (including phenoxy) is 1. The van der Waals surface area contributed by atoms with Gasteiger partial charge in [0.2, 0.25) is 0 Å². The molecule has 4 aromatic rings. The molecule has 0 spiro atoms. The van der Waals surface area contributed by atoms with Crippen molar-refractivity contribution in [3.8, 4) is 11.4 Å². The molecule has 12 nitrogen and oxygen atoms in total. The summed E-state index contributed by atoms with van der Waals surface area (Å²) in [6, 6.07) is 13.3. The third kappa shape index (κ3) is 3.86. The molecule has 0 amide bonds. The van der Waals surface area contributed by atoms with E-state index in [0.717, 1.165) is 54.6 Å². The monoisotopic (exact) mass is 489 g/mol. The van der Waals surface area contributed by atoms with Crippen molar-refractivity contribution in [2.45, 2.75) is 0 Å². The van der Waals surface area contributed by atoms with Crippen LogP contribution in [0.2, 0.25) is 0 Å². The second-order valence-corrected chi connectivity index (χ2v) is 8.57. The molecule has 2 aromatic heterocycles. The minimum atomic E-state index is 0.104. The highest BCUT2D eigenvalue weighted by atomic mass is 16.5. The number of anilines is 7. The SMILES string of the molecule is CNc1c2c(N3CCN(c4ccc(N)c(N)c4)CC3)nnc(N)c2c(N)n1-c1ccc(OCN)cc1. The molecule has 0 bridgehead atoms. The van der Waals surface area contributed by atoms with Crippen LogP contribution in [0.3, 0.4) is 0 Å². The molecule has 1 fully saturated rings. The number of hydrogen-bond acceptors (Lipinski definition) is 11. The predicted molar refractivity (Wildman–Crippen MR) is 147 cm³/mol. The summed E-state index contributed by atoms with van der Waals surface area (Å²) in [5, 5.41) is 13.5. The van der Waals surface area contributed by atoms with Gasteiger partial charge in [0.1, 0.15) is 24.1 Å². The fraction of sp³-hybridized carbons (Fsp3) is 0.250. The molecule has 0 unspecified atom stereocenters. The van der Waals surface area contributed by atoms with Gasteiger partial charge < -0.3 is 42.8 Å². The number of rotatable bonds is 6. The highest BCUT2D eigenvalue weighted by molar-refractivity contribution is 6.12. The largest absolute Gasteiger partial charge is 0.479 e. The summed E-state index contributed by atoms with van der Waals surface area (Å²) in [6.45, 7) is 3.14. The van der Waals surface area contributed by atoms with Gasteiger partial charge in [-0.05, 0) is 42.5 Å². The average molecular weight is 490 g/mol. The van der Waals surface area contributed by atoms with Gasteiger partial charge in [-0.15, -0.1) is 10.2 Å². The lowest BCUT2D eigenvalue weighted by molar-refractivity contribution is 0.329. The molecule has 36 heavy (non-hydrogen) atoms. The van der Waals surface area contributed by atoms with Crippen LogP contribution in [0.1, 0.15) is 0 Å². The van der Waals surface area contributed by atoms with Crippen LogP contribution in [-0.2, 0) is 0 Å². The molecule has 0 radical (unpaired) electrons. The van der Waals surface area contributed by atoms with Crippen LogP contribution in [0, 0.1) is 0 Å². The summed E-state index contributed by atoms with van der Waals surface area (Å²) in [7, 11) is 1.85. The molecule has 188 valence electrons. The zero-order chi connectivity index (χ0) is 25.4. The van der Waals surface area contributed by atoms with E-state index in [1.54, 1.807) is 0 Å². The second-order valence-electron chi connectivity index (χ2n) is 8.57. The van der Waals surface area contributed by atoms with Crippen LogP contribution in [0.25, 0.3) is 16.5 Å². The lowest BCUT2D eigenvalue weighted by Gasteiger charge is -2.37. The third-order valence-corrected chi connectivity index (χ3v) is 6.54. The van der Waals surface area contributed by atoms with E-state index in [9.17, 15) is 0 Å². The number of fused-ring (bicyclic) bond motifs is 1. The first-order chi connectivity index (χ1) is 17.4. The van der Waals surface area contributed by atoms with Crippen molar-refractivity contribution in [2.75, 3.05) is 78.0 Å². The molecular formula is C24H31N11O. The van der Waals surface area contributed by atoms with Crippen LogP contribution < -0.4 is 48.5 Å². The number of nitrogens with two attached hydrogens (primary N) is 5. The fourth-order valence-corrected chi connectivity index (χ4v) is 4.72. The van der Waals surface area contributed by atoms with Crippen molar-refractivity contribution in [1.82, 2.24) is 14.8 Å². The van der Waals surface area contributed by atoms with E-state index in [-0.39, 0.29) is 12.5 Å². The summed E-state index contributed by atoms with van der Waals surface area (Å²) >= 11 is 0. The first kappa shape index (κ1) is 23.2. The Morgan fingerprint density at radius 1 is 0.833 bits per heavy atom. The van der Waals surface area contributed by atoms with Crippen LogP contribution in [0.4, 0.5) is 40.3 Å². The van der Waals surface area contributed by atoms with Crippen LogP contribution in [0.15, 0.2) is 42.5 Å². The molecule has 1 saturated heterocycles. The van der Waals surface area contributed by atoms with Gasteiger partial charge in [-0.3, -0.25) is 10.3 Å². The molecule has 3 heterocycles. The van der Waals surface area contributed by atoms with Crippen LogP contribution in [-0.4, -0.2) is 54.7 Å². The molecule has 1 aliphatic heterocycles. The van der Waals surface area contributed by atoms with Crippen LogP contribution >= 0.6 is 0 Å². The Balaban J connectivity index is 1.51.